The summed E-state index contributed by atoms with van der Waals surface area (Å²) in [4.78, 5) is 0. The Hall–Kier alpha value is 0.570. The van der Waals surface area contributed by atoms with E-state index in [0.717, 1.165) is 0 Å². The van der Waals surface area contributed by atoms with Gasteiger partial charge < -0.3 is 0 Å². The lowest BCUT2D eigenvalue weighted by atomic mass is 10.1. The van der Waals surface area contributed by atoms with Crippen molar-refractivity contribution in [2.75, 3.05) is 37.0 Å². The average molecular weight is 1090 g/mol. The van der Waals surface area contributed by atoms with Gasteiger partial charge in [0.2, 0.25) is 14.1 Å². The fourth-order valence-electron chi connectivity index (χ4n) is 12.7. The third kappa shape index (κ3) is 54.9. The van der Waals surface area contributed by atoms with Crippen molar-refractivity contribution in [3.8, 4) is 0 Å². The number of hydrogen-bond donors (Lipinski definition) is 0. The van der Waals surface area contributed by atoms with E-state index in [9.17, 15) is 0 Å². The molecule has 0 radical (unpaired) electrons. The first-order valence-electron chi connectivity index (χ1n) is 36.5. The van der Waals surface area contributed by atoms with Crippen LogP contribution in [-0.4, -0.2) is 37.0 Å². The van der Waals surface area contributed by atoms with E-state index < -0.39 is 14.1 Å². The van der Waals surface area contributed by atoms with Gasteiger partial charge in [-0.3, -0.25) is 0 Å². The summed E-state index contributed by atoms with van der Waals surface area (Å²) >= 11 is 0. The van der Waals surface area contributed by atoms with Crippen LogP contribution in [0, 0.1) is 0 Å². The highest BCUT2D eigenvalue weighted by molar-refractivity contribution is 7.73. The molecule has 0 fully saturated rings. The molecule has 0 aliphatic rings. The van der Waals surface area contributed by atoms with Gasteiger partial charge in [-0.15, -0.1) is 0 Å². The molecule has 0 amide bonds. The van der Waals surface area contributed by atoms with Crippen LogP contribution >= 0.6 is 14.1 Å². The Morgan fingerprint density at radius 3 is 0.333 bits per heavy atom. The molecule has 0 aromatic heterocycles. The fourth-order valence-corrected chi connectivity index (χ4v) is 24.3. The molecule has 1 nitrogen and oxygen atoms in total. The van der Waals surface area contributed by atoms with E-state index in [1.807, 2.05) is 0 Å². The number of nitrogens with zero attached hydrogens (tertiary/aromatic N) is 1. The van der Waals surface area contributed by atoms with Crippen molar-refractivity contribution < 1.29 is 0 Å². The van der Waals surface area contributed by atoms with E-state index >= 15 is 0 Å². The maximum Gasteiger partial charge on any atom is 0.216 e. The number of unbranched alkanes of at least 4 members (excludes halogenated alkanes) is 54. The lowest BCUT2D eigenvalue weighted by molar-refractivity contribution is 0.559. The maximum atomic E-state index is 7.02. The van der Waals surface area contributed by atoms with Gasteiger partial charge in [-0.05, 0) is 38.5 Å². The van der Waals surface area contributed by atoms with Crippen molar-refractivity contribution >= 4 is 14.1 Å². The van der Waals surface area contributed by atoms with Crippen molar-refractivity contribution in [3.63, 3.8) is 0 Å². The van der Waals surface area contributed by atoms with Crippen molar-refractivity contribution in [1.82, 2.24) is 4.17 Å². The van der Waals surface area contributed by atoms with Gasteiger partial charge in [0.15, 0.2) is 0 Å². The van der Waals surface area contributed by atoms with E-state index in [1.165, 1.54) is 422 Å². The van der Waals surface area contributed by atoms with Crippen LogP contribution in [0.3, 0.4) is 0 Å². The summed E-state index contributed by atoms with van der Waals surface area (Å²) in [5.41, 5.74) is 0. The zero-order valence-corrected chi connectivity index (χ0v) is 55.8. The summed E-state index contributed by atoms with van der Waals surface area (Å²) in [6, 6.07) is 0. The van der Waals surface area contributed by atoms with E-state index in [2.05, 4.69) is 41.5 Å². The Morgan fingerprint density at radius 1 is 0.133 bits per heavy atom. The summed E-state index contributed by atoms with van der Waals surface area (Å²) in [5, 5.41) is 0. The van der Waals surface area contributed by atoms with Crippen LogP contribution in [0.1, 0.15) is 427 Å². The third-order valence-corrected chi connectivity index (χ3v) is 27.9. The van der Waals surface area contributed by atoms with Crippen LogP contribution in [0.15, 0.2) is 0 Å². The topological polar surface area (TPSA) is 14.1 Å². The first-order valence-corrected chi connectivity index (χ1v) is 41.1. The first-order chi connectivity index (χ1) is 37.1. The average Bonchev–Trinajstić information content (AvgIpc) is 3.41. The highest BCUT2D eigenvalue weighted by Crippen LogP contribution is 2.56. The van der Waals surface area contributed by atoms with Crippen LogP contribution in [0.5, 0.6) is 0 Å². The third-order valence-electron chi connectivity index (χ3n) is 17.9. The van der Waals surface area contributed by atoms with Gasteiger partial charge in [0.05, 0.1) is 0 Å². The van der Waals surface area contributed by atoms with Crippen LogP contribution in [0.4, 0.5) is 0 Å². The van der Waals surface area contributed by atoms with Gasteiger partial charge in [0.1, 0.15) is 0 Å². The van der Waals surface area contributed by atoms with Gasteiger partial charge in [-0.2, -0.15) is 4.17 Å². The molecule has 0 saturated carbocycles. The minimum atomic E-state index is -1.40. The van der Waals surface area contributed by atoms with Gasteiger partial charge in [0.25, 0.3) is 0 Å². The predicted molar refractivity (Wildman–Crippen MR) is 356 cm³/mol. The summed E-state index contributed by atoms with van der Waals surface area (Å²) in [6.07, 6.45) is 97.2. The monoisotopic (exact) mass is 1090 g/mol. The molecular formula is C72H150NP2+. The molecule has 0 spiro atoms. The second-order valence-corrected chi connectivity index (χ2v) is 33.5. The molecule has 75 heavy (non-hydrogen) atoms. The Bertz CT molecular complexity index is 950. The van der Waals surface area contributed by atoms with Gasteiger partial charge in [0, 0.05) is 37.0 Å². The Morgan fingerprint density at radius 2 is 0.227 bits per heavy atom. The van der Waals surface area contributed by atoms with Crippen LogP contribution < -0.4 is 4.17 Å². The molecule has 452 valence electrons. The summed E-state index contributed by atoms with van der Waals surface area (Å²) < 4.78 is 7.02. The van der Waals surface area contributed by atoms with Crippen LogP contribution in [0.25, 0.3) is 0 Å². The molecule has 0 heterocycles. The maximum absolute atomic E-state index is 7.02. The molecule has 0 unspecified atom stereocenters. The first kappa shape index (κ1) is 75.6. The highest BCUT2D eigenvalue weighted by Gasteiger charge is 2.35. The standard InChI is InChI=1S/C72H150NP2/c1-7-13-19-25-31-37-43-49-55-61-67-74(68-62-56-50-44-38-32-26-20-14-8-2,69-63-57-51-45-39-33-27-21-15-9-3)73-75(70-64-58-52-46-40-34-28-22-16-10-4,71-65-59-53-47-41-35-29-23-17-11-5)72-66-60-54-48-42-36-30-24-18-12-6/h7-72H2,1-6H3/q+1. The molecule has 3 heteroatoms. The van der Waals surface area contributed by atoms with Gasteiger partial charge >= 0.3 is 0 Å². The Kier molecular flexibility index (Phi) is 64.2. The predicted octanol–water partition coefficient (Wildman–Crippen LogP) is 28.0. The molecule has 0 N–H and O–H groups in total. The zero-order chi connectivity index (χ0) is 54.4. The largest absolute Gasteiger partial charge is 0.216 e. The van der Waals surface area contributed by atoms with E-state index in [4.69, 9.17) is 4.17 Å². The molecule has 0 bridgehead atoms. The van der Waals surface area contributed by atoms with Crippen molar-refractivity contribution in [1.29, 1.82) is 0 Å². The summed E-state index contributed by atoms with van der Waals surface area (Å²) in [7, 11) is -2.81. The van der Waals surface area contributed by atoms with Crippen molar-refractivity contribution in [2.45, 2.75) is 427 Å². The summed E-state index contributed by atoms with van der Waals surface area (Å²) in [6.45, 7) is 14.2. The second-order valence-electron chi connectivity index (χ2n) is 25.7. The molecule has 0 saturated heterocycles. The van der Waals surface area contributed by atoms with Gasteiger partial charge in [-0.25, -0.2) is 0 Å². The minimum absolute atomic E-state index is 1.37. The molecule has 0 aliphatic carbocycles. The quantitative estimate of drug-likeness (QED) is 0.0327. The minimum Gasteiger partial charge on any atom is -0.176 e. The van der Waals surface area contributed by atoms with Crippen molar-refractivity contribution in [3.05, 3.63) is 0 Å². The number of hydrogen-bond acceptors (Lipinski definition) is 0. The van der Waals surface area contributed by atoms with E-state index in [-0.39, 0.29) is 0 Å². The fraction of sp³-hybridized carbons (Fsp3) is 1.00. The lowest BCUT2D eigenvalue weighted by Crippen LogP contribution is -2.10. The highest BCUT2D eigenvalue weighted by atomic mass is 31.2. The molecule has 0 aromatic carbocycles. The molecule has 0 aromatic rings. The molecular weight excluding hydrogens is 941 g/mol. The van der Waals surface area contributed by atoms with Crippen molar-refractivity contribution in [2.24, 2.45) is 0 Å². The lowest BCUT2D eigenvalue weighted by Gasteiger charge is -2.20. The summed E-state index contributed by atoms with van der Waals surface area (Å²) in [5.74, 6) is 0. The molecule has 0 rings (SSSR count). The second kappa shape index (κ2) is 63.7. The smallest absolute Gasteiger partial charge is 0.176 e. The van der Waals surface area contributed by atoms with E-state index in [1.54, 1.807) is 0 Å². The zero-order valence-electron chi connectivity index (χ0n) is 54.0. The van der Waals surface area contributed by atoms with Crippen LogP contribution in [-0.2, 0) is 0 Å². The molecule has 0 atom stereocenters. The van der Waals surface area contributed by atoms with Gasteiger partial charge in [-0.1, -0.05) is 388 Å². The Balaban J connectivity index is 6.97. The Labute approximate surface area is 479 Å². The SMILES string of the molecule is CCCCCCCCCCCCP(CCCCCCCCCCCC)(CCCCCCCCCCCC)=[N+]=P(CCCCCCCCCCCC)(CCCCCCCCCCCC)CCCCCCCCCCCC. The molecule has 0 aliphatic heterocycles. The van der Waals surface area contributed by atoms with Crippen LogP contribution in [0.2, 0.25) is 0 Å². The number of rotatable bonds is 66. The van der Waals surface area contributed by atoms with E-state index in [0.29, 0.717) is 0 Å². The normalized spacial score (nSPS) is 12.1.